The van der Waals surface area contributed by atoms with Crippen LogP contribution in [-0.4, -0.2) is 33.5 Å². The van der Waals surface area contributed by atoms with E-state index in [2.05, 4.69) is 105 Å². The Labute approximate surface area is 220 Å². The van der Waals surface area contributed by atoms with Crippen molar-refractivity contribution < 1.29 is 13.9 Å². The van der Waals surface area contributed by atoms with Crippen LogP contribution >= 0.6 is 0 Å². The lowest BCUT2D eigenvalue weighted by Gasteiger charge is -2.45. The molecule has 0 radical (unpaired) electrons. The van der Waals surface area contributed by atoms with E-state index in [4.69, 9.17) is 18.9 Å². The van der Waals surface area contributed by atoms with Crippen molar-refractivity contribution in [1.82, 2.24) is 0 Å². The van der Waals surface area contributed by atoms with Crippen molar-refractivity contribution in [3.05, 3.63) is 115 Å². The van der Waals surface area contributed by atoms with Crippen LogP contribution in [0.2, 0.25) is 0 Å². The maximum atomic E-state index is 7.30. The summed E-state index contributed by atoms with van der Waals surface area (Å²) in [5.41, 5.74) is 0.864. The van der Waals surface area contributed by atoms with Crippen LogP contribution in [0.4, 0.5) is 5.69 Å². The topological polar surface area (TPSA) is 40.0 Å². The van der Waals surface area contributed by atoms with Crippen molar-refractivity contribution >= 4 is 35.5 Å². The molecule has 0 bridgehead atoms. The number of rotatable bonds is 9. The third-order valence-electron chi connectivity index (χ3n) is 7.09. The summed E-state index contributed by atoms with van der Waals surface area (Å²) < 4.78 is 18.9. The minimum atomic E-state index is -2.81. The SMILES string of the molecule is CC[C@H]1C(=Nc2ccc(OC)cc2)O[C@@H]1[C@H](C)O[Si](c1ccccc1)(c1ccccc1)c1ccccc1. The van der Waals surface area contributed by atoms with Gasteiger partial charge in [-0.25, -0.2) is 4.99 Å². The summed E-state index contributed by atoms with van der Waals surface area (Å²) in [5.74, 6) is 1.79. The highest BCUT2D eigenvalue weighted by Crippen LogP contribution is 2.34. The van der Waals surface area contributed by atoms with Gasteiger partial charge in [0.1, 0.15) is 11.9 Å². The molecule has 5 heteroatoms. The van der Waals surface area contributed by atoms with Crippen molar-refractivity contribution in [2.45, 2.75) is 32.5 Å². The molecule has 0 amide bonds. The predicted octanol–water partition coefficient (Wildman–Crippen LogP) is 5.22. The summed E-state index contributed by atoms with van der Waals surface area (Å²) in [6, 6.07) is 39.8. The highest BCUT2D eigenvalue weighted by molar-refractivity contribution is 7.07. The molecular weight excluding hydrogens is 474 g/mol. The van der Waals surface area contributed by atoms with E-state index in [9.17, 15) is 0 Å². The van der Waals surface area contributed by atoms with E-state index in [1.54, 1.807) is 7.11 Å². The number of ether oxygens (including phenoxy) is 2. The lowest BCUT2D eigenvalue weighted by Crippen LogP contribution is -2.71. The average molecular weight is 508 g/mol. The van der Waals surface area contributed by atoms with Gasteiger partial charge in [0.15, 0.2) is 5.90 Å². The summed E-state index contributed by atoms with van der Waals surface area (Å²) in [6.45, 7) is 4.33. The van der Waals surface area contributed by atoms with Crippen LogP contribution in [0.1, 0.15) is 20.3 Å². The van der Waals surface area contributed by atoms with Gasteiger partial charge in [0.2, 0.25) is 0 Å². The Balaban J connectivity index is 1.49. The van der Waals surface area contributed by atoms with Crippen LogP contribution in [0.3, 0.4) is 0 Å². The standard InChI is InChI=1S/C32H33NO3Si/c1-4-30-31(35-32(30)33-25-20-22-26(34-3)23-21-25)24(2)36-37(27-14-8-5-9-15-27,28-16-10-6-11-17-28)29-18-12-7-13-19-29/h5-24,30-31H,4H2,1-3H3/t24-,30+,31+/m0/s1. The van der Waals surface area contributed by atoms with Crippen LogP contribution in [0.5, 0.6) is 5.75 Å². The molecule has 1 heterocycles. The van der Waals surface area contributed by atoms with Gasteiger partial charge in [-0.3, -0.25) is 0 Å². The van der Waals surface area contributed by atoms with Crippen LogP contribution in [-0.2, 0) is 9.16 Å². The van der Waals surface area contributed by atoms with E-state index >= 15 is 0 Å². The Morgan fingerprint density at radius 1 is 0.757 bits per heavy atom. The zero-order valence-electron chi connectivity index (χ0n) is 21.6. The third-order valence-corrected chi connectivity index (χ3v) is 11.3. The molecule has 1 saturated heterocycles. The maximum absolute atomic E-state index is 7.30. The third kappa shape index (κ3) is 4.97. The lowest BCUT2D eigenvalue weighted by molar-refractivity contribution is -0.0283. The molecule has 0 aromatic heterocycles. The minimum Gasteiger partial charge on any atom is -0.497 e. The van der Waals surface area contributed by atoms with Crippen LogP contribution in [0, 0.1) is 5.92 Å². The number of hydrogen-bond donors (Lipinski definition) is 0. The van der Waals surface area contributed by atoms with E-state index in [-0.39, 0.29) is 18.1 Å². The first-order valence-electron chi connectivity index (χ1n) is 12.9. The number of benzene rings is 4. The first-order valence-corrected chi connectivity index (χ1v) is 14.8. The minimum absolute atomic E-state index is 0.0648. The van der Waals surface area contributed by atoms with Gasteiger partial charge in [0, 0.05) is 0 Å². The van der Waals surface area contributed by atoms with E-state index in [1.165, 1.54) is 15.6 Å². The summed E-state index contributed by atoms with van der Waals surface area (Å²) in [4.78, 5) is 4.79. The van der Waals surface area contributed by atoms with Gasteiger partial charge < -0.3 is 13.9 Å². The quantitative estimate of drug-likeness (QED) is 0.230. The van der Waals surface area contributed by atoms with E-state index in [1.807, 2.05) is 24.3 Å². The fourth-order valence-corrected chi connectivity index (χ4v) is 9.25. The average Bonchev–Trinajstić information content (AvgIpc) is 2.95. The monoisotopic (exact) mass is 507 g/mol. The Bertz CT molecular complexity index is 1210. The highest BCUT2D eigenvalue weighted by atomic mass is 28.4. The number of hydrogen-bond acceptors (Lipinski definition) is 4. The molecule has 5 rings (SSSR count). The molecule has 3 atom stereocenters. The molecule has 0 saturated carbocycles. The smallest absolute Gasteiger partial charge is 0.288 e. The van der Waals surface area contributed by atoms with Gasteiger partial charge in [0.25, 0.3) is 8.32 Å². The lowest BCUT2D eigenvalue weighted by atomic mass is 9.90. The molecule has 0 spiro atoms. The molecule has 1 fully saturated rings. The second kappa shape index (κ2) is 11.2. The number of aliphatic imine (C=N–C) groups is 1. The number of nitrogens with zero attached hydrogens (tertiary/aromatic N) is 1. The zero-order valence-corrected chi connectivity index (χ0v) is 22.6. The summed E-state index contributed by atoms with van der Waals surface area (Å²) in [6.07, 6.45) is 0.737. The van der Waals surface area contributed by atoms with Gasteiger partial charge in [0.05, 0.1) is 24.8 Å². The Morgan fingerprint density at radius 2 is 1.24 bits per heavy atom. The summed E-state index contributed by atoms with van der Waals surface area (Å²) in [7, 11) is -1.15. The molecule has 37 heavy (non-hydrogen) atoms. The zero-order chi connectivity index (χ0) is 25.7. The number of methoxy groups -OCH3 is 1. The van der Waals surface area contributed by atoms with Crippen molar-refractivity contribution in [1.29, 1.82) is 0 Å². The summed E-state index contributed by atoms with van der Waals surface area (Å²) in [5, 5.41) is 3.66. The predicted molar refractivity (Wildman–Crippen MR) is 153 cm³/mol. The summed E-state index contributed by atoms with van der Waals surface area (Å²) >= 11 is 0. The maximum Gasteiger partial charge on any atom is 0.288 e. The largest absolute Gasteiger partial charge is 0.497 e. The second-order valence-corrected chi connectivity index (χ2v) is 12.7. The van der Waals surface area contributed by atoms with E-state index in [0.29, 0.717) is 0 Å². The van der Waals surface area contributed by atoms with Crippen molar-refractivity contribution in [3.63, 3.8) is 0 Å². The van der Waals surface area contributed by atoms with Crippen molar-refractivity contribution in [2.24, 2.45) is 10.9 Å². The van der Waals surface area contributed by atoms with Gasteiger partial charge in [-0.05, 0) is 53.2 Å². The van der Waals surface area contributed by atoms with Gasteiger partial charge in [-0.15, -0.1) is 0 Å². The van der Waals surface area contributed by atoms with Crippen LogP contribution in [0.15, 0.2) is 120 Å². The first-order chi connectivity index (χ1) is 18.2. The molecule has 0 N–H and O–H groups in total. The second-order valence-electron chi connectivity index (χ2n) is 9.35. The normalized spacial score (nSPS) is 19.1. The van der Waals surface area contributed by atoms with Crippen LogP contribution in [0.25, 0.3) is 0 Å². The molecule has 4 aromatic carbocycles. The fraction of sp³-hybridized carbons (Fsp3) is 0.219. The molecule has 4 aromatic rings. The van der Waals surface area contributed by atoms with Gasteiger partial charge >= 0.3 is 0 Å². The fourth-order valence-electron chi connectivity index (χ4n) is 5.17. The van der Waals surface area contributed by atoms with Gasteiger partial charge in [-0.1, -0.05) is 97.9 Å². The van der Waals surface area contributed by atoms with Crippen molar-refractivity contribution in [3.8, 4) is 5.75 Å². The molecule has 4 nitrogen and oxygen atoms in total. The molecule has 1 aliphatic rings. The van der Waals surface area contributed by atoms with Crippen LogP contribution < -0.4 is 20.3 Å². The van der Waals surface area contributed by atoms with E-state index < -0.39 is 8.32 Å². The highest BCUT2D eigenvalue weighted by Gasteiger charge is 2.49. The molecule has 0 aliphatic carbocycles. The van der Waals surface area contributed by atoms with Crippen molar-refractivity contribution in [2.75, 3.05) is 7.11 Å². The Hall–Kier alpha value is -3.67. The van der Waals surface area contributed by atoms with E-state index in [0.717, 1.165) is 23.8 Å². The Morgan fingerprint density at radius 3 is 1.68 bits per heavy atom. The first kappa shape index (κ1) is 25.0. The molecule has 188 valence electrons. The molecule has 1 aliphatic heterocycles. The molecule has 0 unspecified atom stereocenters. The Kier molecular flexibility index (Phi) is 7.54. The van der Waals surface area contributed by atoms with Gasteiger partial charge in [-0.2, -0.15) is 0 Å². The molecular formula is C32H33NO3Si.